The molecule has 0 spiro atoms. The van der Waals surface area contributed by atoms with E-state index in [4.69, 9.17) is 11.6 Å². The van der Waals surface area contributed by atoms with E-state index in [1.54, 1.807) is 5.51 Å². The van der Waals surface area contributed by atoms with Crippen LogP contribution in [-0.4, -0.2) is 4.98 Å². The van der Waals surface area contributed by atoms with Crippen molar-refractivity contribution in [2.75, 3.05) is 5.32 Å². The third-order valence-electron chi connectivity index (χ3n) is 2.83. The van der Waals surface area contributed by atoms with E-state index in [9.17, 15) is 13.2 Å². The Morgan fingerprint density at radius 1 is 1.35 bits per heavy atom. The molecule has 1 heterocycles. The fraction of sp³-hybridized carbons (Fsp3) is 0.308. The molecule has 0 fully saturated rings. The number of hydrogen-bond donors (Lipinski definition) is 1. The number of aryl methyl sites for hydroxylation is 1. The number of rotatable bonds is 3. The minimum Gasteiger partial charge on any atom is -0.378 e. The summed E-state index contributed by atoms with van der Waals surface area (Å²) in [6.45, 7) is 3.75. The van der Waals surface area contributed by atoms with Crippen LogP contribution >= 0.6 is 22.9 Å². The third kappa shape index (κ3) is 3.24. The summed E-state index contributed by atoms with van der Waals surface area (Å²) >= 11 is 7.05. The number of aromatic nitrogens is 1. The molecule has 1 atom stereocenters. The van der Waals surface area contributed by atoms with Crippen LogP contribution in [0.25, 0.3) is 0 Å². The molecule has 0 saturated carbocycles. The molecule has 0 amide bonds. The van der Waals surface area contributed by atoms with Gasteiger partial charge in [-0.25, -0.2) is 4.98 Å². The topological polar surface area (TPSA) is 24.9 Å². The molecule has 0 aliphatic rings. The molecule has 2 aromatic rings. The van der Waals surface area contributed by atoms with Gasteiger partial charge >= 0.3 is 6.18 Å². The number of anilines is 1. The maximum Gasteiger partial charge on any atom is 0.417 e. The highest BCUT2D eigenvalue weighted by molar-refractivity contribution is 7.09. The van der Waals surface area contributed by atoms with E-state index >= 15 is 0 Å². The monoisotopic (exact) mass is 320 g/mol. The van der Waals surface area contributed by atoms with Crippen molar-refractivity contribution < 1.29 is 13.2 Å². The van der Waals surface area contributed by atoms with Crippen LogP contribution in [0.1, 0.15) is 29.1 Å². The van der Waals surface area contributed by atoms with Crippen molar-refractivity contribution in [3.63, 3.8) is 0 Å². The highest BCUT2D eigenvalue weighted by Crippen LogP contribution is 2.37. The summed E-state index contributed by atoms with van der Waals surface area (Å²) in [6, 6.07) is 3.68. The Hall–Kier alpha value is -1.27. The average molecular weight is 321 g/mol. The van der Waals surface area contributed by atoms with Crippen LogP contribution in [0, 0.1) is 6.92 Å². The quantitative estimate of drug-likeness (QED) is 0.830. The van der Waals surface area contributed by atoms with E-state index in [2.05, 4.69) is 10.3 Å². The summed E-state index contributed by atoms with van der Waals surface area (Å²) in [4.78, 5) is 5.12. The second kappa shape index (κ2) is 5.61. The summed E-state index contributed by atoms with van der Waals surface area (Å²) in [7, 11) is 0. The summed E-state index contributed by atoms with van der Waals surface area (Å²) < 4.78 is 38.4. The lowest BCUT2D eigenvalue weighted by atomic mass is 10.1. The normalized spacial score (nSPS) is 13.3. The molecule has 2 nitrogen and oxygen atoms in total. The molecular formula is C13H12ClF3N2S. The van der Waals surface area contributed by atoms with E-state index in [0.29, 0.717) is 5.69 Å². The standard InChI is InChI=1S/C13H12ClF3N2S/c1-7-12(20-6-18-7)8(2)19-9-3-4-11(14)10(5-9)13(15,16)17/h3-6,8,19H,1-2H3. The van der Waals surface area contributed by atoms with Crippen LogP contribution in [0.4, 0.5) is 18.9 Å². The fourth-order valence-corrected chi connectivity index (χ4v) is 2.91. The van der Waals surface area contributed by atoms with Gasteiger partial charge in [0.15, 0.2) is 0 Å². The van der Waals surface area contributed by atoms with Gasteiger partial charge in [-0.05, 0) is 32.0 Å². The molecule has 7 heteroatoms. The number of thiazole rings is 1. The average Bonchev–Trinajstić information content (AvgIpc) is 2.76. The van der Waals surface area contributed by atoms with Crippen LogP contribution in [0.15, 0.2) is 23.7 Å². The maximum absolute atomic E-state index is 12.8. The molecule has 0 radical (unpaired) electrons. The highest BCUT2D eigenvalue weighted by atomic mass is 35.5. The van der Waals surface area contributed by atoms with Crippen molar-refractivity contribution in [1.29, 1.82) is 0 Å². The molecule has 1 N–H and O–H groups in total. The molecule has 1 unspecified atom stereocenters. The number of halogens is 4. The first kappa shape index (κ1) is 15.1. The molecule has 20 heavy (non-hydrogen) atoms. The predicted molar refractivity (Wildman–Crippen MR) is 75.3 cm³/mol. The van der Waals surface area contributed by atoms with Gasteiger partial charge in [0.05, 0.1) is 27.8 Å². The number of alkyl halides is 3. The molecule has 108 valence electrons. The van der Waals surface area contributed by atoms with Crippen molar-refractivity contribution >= 4 is 28.6 Å². The van der Waals surface area contributed by atoms with Gasteiger partial charge in [-0.3, -0.25) is 0 Å². The van der Waals surface area contributed by atoms with Gasteiger partial charge in [0.2, 0.25) is 0 Å². The summed E-state index contributed by atoms with van der Waals surface area (Å²) in [5.74, 6) is 0. The number of hydrogen-bond acceptors (Lipinski definition) is 3. The predicted octanol–water partition coefficient (Wildman–Crippen LogP) is 5.30. The molecule has 1 aromatic carbocycles. The van der Waals surface area contributed by atoms with Crippen LogP contribution in [0.5, 0.6) is 0 Å². The van der Waals surface area contributed by atoms with E-state index in [1.165, 1.54) is 23.5 Å². The molecular weight excluding hydrogens is 309 g/mol. The SMILES string of the molecule is Cc1ncsc1C(C)Nc1ccc(Cl)c(C(F)(F)F)c1. The van der Waals surface area contributed by atoms with Gasteiger partial charge in [-0.1, -0.05) is 11.6 Å². The van der Waals surface area contributed by atoms with Gasteiger partial charge in [0.25, 0.3) is 0 Å². The highest BCUT2D eigenvalue weighted by Gasteiger charge is 2.33. The second-order valence-corrected chi connectivity index (χ2v) is 5.65. The van der Waals surface area contributed by atoms with Gasteiger partial charge in [-0.15, -0.1) is 11.3 Å². The van der Waals surface area contributed by atoms with Gasteiger partial charge in [0.1, 0.15) is 0 Å². The van der Waals surface area contributed by atoms with E-state index in [0.717, 1.165) is 16.6 Å². The van der Waals surface area contributed by atoms with Crippen molar-refractivity contribution in [3.8, 4) is 0 Å². The largest absolute Gasteiger partial charge is 0.417 e. The summed E-state index contributed by atoms with van der Waals surface area (Å²) in [5, 5.41) is 2.74. The van der Waals surface area contributed by atoms with Crippen LogP contribution in [0.2, 0.25) is 5.02 Å². The lowest BCUT2D eigenvalue weighted by Crippen LogP contribution is -2.10. The first-order chi connectivity index (χ1) is 9.29. The van der Waals surface area contributed by atoms with Crippen molar-refractivity contribution in [2.45, 2.75) is 26.1 Å². The zero-order chi connectivity index (χ0) is 14.9. The van der Waals surface area contributed by atoms with E-state index in [-0.39, 0.29) is 11.1 Å². The van der Waals surface area contributed by atoms with E-state index < -0.39 is 11.7 Å². The molecule has 0 bridgehead atoms. The Morgan fingerprint density at radius 2 is 2.05 bits per heavy atom. The molecule has 2 rings (SSSR count). The van der Waals surface area contributed by atoms with Crippen molar-refractivity contribution in [2.24, 2.45) is 0 Å². The first-order valence-electron chi connectivity index (χ1n) is 5.82. The Bertz CT molecular complexity index is 610. The fourth-order valence-electron chi connectivity index (χ4n) is 1.87. The van der Waals surface area contributed by atoms with Crippen molar-refractivity contribution in [1.82, 2.24) is 4.98 Å². The zero-order valence-electron chi connectivity index (χ0n) is 10.8. The molecule has 0 aliphatic carbocycles. The molecule has 0 aliphatic heterocycles. The minimum atomic E-state index is -4.46. The minimum absolute atomic E-state index is 0.121. The smallest absolute Gasteiger partial charge is 0.378 e. The van der Waals surface area contributed by atoms with Gasteiger partial charge < -0.3 is 5.32 Å². The maximum atomic E-state index is 12.8. The lowest BCUT2D eigenvalue weighted by molar-refractivity contribution is -0.137. The lowest BCUT2D eigenvalue weighted by Gasteiger charge is -2.16. The van der Waals surface area contributed by atoms with Gasteiger partial charge in [0, 0.05) is 10.6 Å². The van der Waals surface area contributed by atoms with Crippen LogP contribution in [0.3, 0.4) is 0 Å². The number of benzene rings is 1. The number of nitrogens with zero attached hydrogens (tertiary/aromatic N) is 1. The second-order valence-electron chi connectivity index (χ2n) is 4.36. The summed E-state index contributed by atoms with van der Waals surface area (Å²) in [6.07, 6.45) is -4.46. The Labute approximate surface area is 123 Å². The summed E-state index contributed by atoms with van der Waals surface area (Å²) in [5.41, 5.74) is 2.13. The Balaban J connectivity index is 2.25. The molecule has 1 aromatic heterocycles. The van der Waals surface area contributed by atoms with Gasteiger partial charge in [-0.2, -0.15) is 13.2 Å². The third-order valence-corrected chi connectivity index (χ3v) is 4.27. The molecule has 0 saturated heterocycles. The zero-order valence-corrected chi connectivity index (χ0v) is 12.3. The number of nitrogens with one attached hydrogen (secondary N) is 1. The Morgan fingerprint density at radius 3 is 2.60 bits per heavy atom. The van der Waals surface area contributed by atoms with E-state index in [1.807, 2.05) is 13.8 Å². The van der Waals surface area contributed by atoms with Crippen LogP contribution in [-0.2, 0) is 6.18 Å². The van der Waals surface area contributed by atoms with Crippen LogP contribution < -0.4 is 5.32 Å². The Kier molecular flexibility index (Phi) is 4.25. The first-order valence-corrected chi connectivity index (χ1v) is 7.08. The van der Waals surface area contributed by atoms with Crippen molar-refractivity contribution in [3.05, 3.63) is 44.9 Å².